The molecule has 0 aliphatic rings. The molecule has 1 N–H and O–H groups in total. The minimum atomic E-state index is -0.101. The Kier molecular flexibility index (Phi) is 4.20. The molecule has 3 rings (SSSR count). The zero-order chi connectivity index (χ0) is 15.2. The Bertz CT molecular complexity index is 723. The summed E-state index contributed by atoms with van der Waals surface area (Å²) in [6, 6.07) is 13.7. The van der Waals surface area contributed by atoms with Crippen LogP contribution < -0.4 is 5.32 Å². The molecule has 0 radical (unpaired) electrons. The van der Waals surface area contributed by atoms with Crippen molar-refractivity contribution in [2.45, 2.75) is 13.0 Å². The van der Waals surface area contributed by atoms with Crippen molar-refractivity contribution in [1.29, 1.82) is 0 Å². The molecule has 0 spiro atoms. The van der Waals surface area contributed by atoms with Crippen LogP contribution >= 0.6 is 0 Å². The van der Waals surface area contributed by atoms with Crippen LogP contribution in [-0.4, -0.2) is 25.7 Å². The summed E-state index contributed by atoms with van der Waals surface area (Å²) in [5.41, 5.74) is 2.11. The van der Waals surface area contributed by atoms with Gasteiger partial charge in [0, 0.05) is 18.2 Å². The third-order valence-corrected chi connectivity index (χ3v) is 3.17. The average Bonchev–Trinajstić information content (AvgIpc) is 3.08. The van der Waals surface area contributed by atoms with E-state index >= 15 is 0 Å². The van der Waals surface area contributed by atoms with Gasteiger partial charge >= 0.3 is 0 Å². The third-order valence-electron chi connectivity index (χ3n) is 3.17. The van der Waals surface area contributed by atoms with Crippen molar-refractivity contribution in [3.63, 3.8) is 0 Å². The van der Waals surface area contributed by atoms with Gasteiger partial charge < -0.3 is 5.32 Å². The van der Waals surface area contributed by atoms with Gasteiger partial charge in [0.25, 0.3) is 0 Å². The first kappa shape index (κ1) is 13.9. The van der Waals surface area contributed by atoms with Crippen LogP contribution in [0.5, 0.6) is 0 Å². The number of aryl methyl sites for hydroxylation is 1. The van der Waals surface area contributed by atoms with E-state index in [1.54, 1.807) is 23.3 Å². The standard InChI is InChI=1S/C16H15N5O/c22-16(8-9-21-12-17-11-19-21)20-15-7-6-14(10-18-15)13-4-2-1-3-5-13/h1-7,10-12H,8-9H2,(H,18,20,22). The molecule has 0 unspecified atom stereocenters. The summed E-state index contributed by atoms with van der Waals surface area (Å²) in [5, 5.41) is 6.72. The lowest BCUT2D eigenvalue weighted by Gasteiger charge is -2.06. The number of benzene rings is 1. The Balaban J connectivity index is 1.58. The molecule has 0 bridgehead atoms. The van der Waals surface area contributed by atoms with Crippen molar-refractivity contribution in [1.82, 2.24) is 19.7 Å². The van der Waals surface area contributed by atoms with Gasteiger partial charge in [0.05, 0.1) is 6.54 Å². The topological polar surface area (TPSA) is 72.7 Å². The van der Waals surface area contributed by atoms with Gasteiger partial charge in [-0.1, -0.05) is 30.3 Å². The Labute approximate surface area is 127 Å². The van der Waals surface area contributed by atoms with E-state index in [1.165, 1.54) is 6.33 Å². The number of anilines is 1. The van der Waals surface area contributed by atoms with Crippen molar-refractivity contribution in [2.24, 2.45) is 0 Å². The summed E-state index contributed by atoms with van der Waals surface area (Å²) in [4.78, 5) is 20.0. The number of carbonyl (C=O) groups is 1. The molecule has 1 amide bonds. The quantitative estimate of drug-likeness (QED) is 0.784. The third kappa shape index (κ3) is 3.54. The van der Waals surface area contributed by atoms with Crippen LogP contribution in [0.25, 0.3) is 11.1 Å². The largest absolute Gasteiger partial charge is 0.311 e. The number of amides is 1. The van der Waals surface area contributed by atoms with Crippen LogP contribution in [-0.2, 0) is 11.3 Å². The van der Waals surface area contributed by atoms with Crippen molar-refractivity contribution in [3.8, 4) is 11.1 Å². The van der Waals surface area contributed by atoms with Crippen LogP contribution in [0.15, 0.2) is 61.3 Å². The van der Waals surface area contributed by atoms with Gasteiger partial charge in [0.1, 0.15) is 18.5 Å². The number of pyridine rings is 1. The summed E-state index contributed by atoms with van der Waals surface area (Å²) < 4.78 is 1.62. The van der Waals surface area contributed by atoms with E-state index < -0.39 is 0 Å². The van der Waals surface area contributed by atoms with Gasteiger partial charge in [0.2, 0.25) is 5.91 Å². The van der Waals surface area contributed by atoms with E-state index in [-0.39, 0.29) is 5.91 Å². The van der Waals surface area contributed by atoms with Gasteiger partial charge in [-0.25, -0.2) is 9.97 Å². The van der Waals surface area contributed by atoms with Crippen molar-refractivity contribution < 1.29 is 4.79 Å². The Morgan fingerprint density at radius 3 is 2.64 bits per heavy atom. The summed E-state index contributed by atoms with van der Waals surface area (Å²) >= 11 is 0. The van der Waals surface area contributed by atoms with Gasteiger partial charge in [-0.15, -0.1) is 0 Å². The minimum Gasteiger partial charge on any atom is -0.311 e. The van der Waals surface area contributed by atoms with E-state index in [1.807, 2.05) is 36.4 Å². The van der Waals surface area contributed by atoms with Crippen molar-refractivity contribution in [2.75, 3.05) is 5.32 Å². The van der Waals surface area contributed by atoms with Crippen LogP contribution in [0.1, 0.15) is 6.42 Å². The molecule has 6 nitrogen and oxygen atoms in total. The average molecular weight is 293 g/mol. The maximum Gasteiger partial charge on any atom is 0.227 e. The smallest absolute Gasteiger partial charge is 0.227 e. The molecule has 0 aliphatic carbocycles. The van der Waals surface area contributed by atoms with Crippen LogP contribution in [0, 0.1) is 0 Å². The molecule has 0 atom stereocenters. The number of aromatic nitrogens is 4. The first-order chi connectivity index (χ1) is 10.8. The zero-order valence-corrected chi connectivity index (χ0v) is 11.9. The van der Waals surface area contributed by atoms with Crippen LogP contribution in [0.2, 0.25) is 0 Å². The van der Waals surface area contributed by atoms with Crippen molar-refractivity contribution in [3.05, 3.63) is 61.3 Å². The Morgan fingerprint density at radius 1 is 1.09 bits per heavy atom. The summed E-state index contributed by atoms with van der Waals surface area (Å²) in [6.07, 6.45) is 5.11. The second kappa shape index (κ2) is 6.62. The number of nitrogens with one attached hydrogen (secondary N) is 1. The van der Waals surface area contributed by atoms with E-state index in [4.69, 9.17) is 0 Å². The highest BCUT2D eigenvalue weighted by molar-refractivity contribution is 5.89. The second-order valence-corrected chi connectivity index (χ2v) is 4.75. The predicted octanol–water partition coefficient (Wildman–Crippen LogP) is 2.37. The second-order valence-electron chi connectivity index (χ2n) is 4.75. The summed E-state index contributed by atoms with van der Waals surface area (Å²) in [7, 11) is 0. The molecule has 22 heavy (non-hydrogen) atoms. The normalized spacial score (nSPS) is 10.4. The van der Waals surface area contributed by atoms with Gasteiger partial charge in [-0.2, -0.15) is 5.10 Å². The molecule has 1 aromatic carbocycles. The first-order valence-electron chi connectivity index (χ1n) is 6.95. The number of rotatable bonds is 5. The number of carbonyl (C=O) groups excluding carboxylic acids is 1. The van der Waals surface area contributed by atoms with E-state index in [2.05, 4.69) is 20.4 Å². The highest BCUT2D eigenvalue weighted by Crippen LogP contribution is 2.18. The molecule has 0 saturated heterocycles. The maximum atomic E-state index is 11.8. The molecule has 3 aromatic rings. The van der Waals surface area contributed by atoms with Gasteiger partial charge in [-0.05, 0) is 17.7 Å². The fraction of sp³-hybridized carbons (Fsp3) is 0.125. The fourth-order valence-electron chi connectivity index (χ4n) is 2.04. The molecule has 6 heteroatoms. The lowest BCUT2D eigenvalue weighted by molar-refractivity contribution is -0.116. The molecular formula is C16H15N5O. The van der Waals surface area contributed by atoms with Gasteiger partial charge in [0.15, 0.2) is 0 Å². The van der Waals surface area contributed by atoms with E-state index in [9.17, 15) is 4.79 Å². The molecule has 2 aromatic heterocycles. The molecule has 0 aliphatic heterocycles. The van der Waals surface area contributed by atoms with Crippen LogP contribution in [0.3, 0.4) is 0 Å². The Morgan fingerprint density at radius 2 is 1.95 bits per heavy atom. The fourth-order valence-corrected chi connectivity index (χ4v) is 2.04. The minimum absolute atomic E-state index is 0.101. The first-order valence-corrected chi connectivity index (χ1v) is 6.95. The predicted molar refractivity (Wildman–Crippen MR) is 82.9 cm³/mol. The summed E-state index contributed by atoms with van der Waals surface area (Å²) in [6.45, 7) is 0.494. The van der Waals surface area contributed by atoms with E-state index in [0.29, 0.717) is 18.8 Å². The molecular weight excluding hydrogens is 278 g/mol. The van der Waals surface area contributed by atoms with Crippen molar-refractivity contribution >= 4 is 11.7 Å². The zero-order valence-electron chi connectivity index (χ0n) is 11.9. The molecule has 0 fully saturated rings. The number of hydrogen-bond acceptors (Lipinski definition) is 4. The Hall–Kier alpha value is -3.02. The van der Waals surface area contributed by atoms with E-state index in [0.717, 1.165) is 11.1 Å². The van der Waals surface area contributed by atoms with Crippen LogP contribution in [0.4, 0.5) is 5.82 Å². The highest BCUT2D eigenvalue weighted by Gasteiger charge is 2.05. The number of nitrogens with zero attached hydrogens (tertiary/aromatic N) is 4. The number of hydrogen-bond donors (Lipinski definition) is 1. The lowest BCUT2D eigenvalue weighted by Crippen LogP contribution is -2.15. The molecule has 0 saturated carbocycles. The SMILES string of the molecule is O=C(CCn1cncn1)Nc1ccc(-c2ccccc2)cn1. The lowest BCUT2D eigenvalue weighted by atomic mass is 10.1. The summed E-state index contributed by atoms with van der Waals surface area (Å²) in [5.74, 6) is 0.443. The van der Waals surface area contributed by atoms with Gasteiger partial charge in [-0.3, -0.25) is 9.48 Å². The molecule has 2 heterocycles. The maximum absolute atomic E-state index is 11.8. The molecule has 110 valence electrons. The highest BCUT2D eigenvalue weighted by atomic mass is 16.1. The monoisotopic (exact) mass is 293 g/mol.